The van der Waals surface area contributed by atoms with Crippen LogP contribution >= 0.6 is 0 Å². The van der Waals surface area contributed by atoms with Crippen LogP contribution < -0.4 is 15.8 Å². The number of carbonyl (C=O) groups is 1. The molecule has 0 unspecified atom stereocenters. The zero-order valence-corrected chi connectivity index (χ0v) is 16.0. The van der Waals surface area contributed by atoms with E-state index in [1.807, 2.05) is 54.6 Å². The van der Waals surface area contributed by atoms with Gasteiger partial charge in [0.1, 0.15) is 5.75 Å². The Morgan fingerprint density at radius 2 is 1.89 bits per heavy atom. The molecular weight excluding hydrogens is 350 g/mol. The van der Waals surface area contributed by atoms with Crippen LogP contribution in [0.5, 0.6) is 5.75 Å². The summed E-state index contributed by atoms with van der Waals surface area (Å²) in [6.07, 6.45) is 3.39. The molecule has 0 aliphatic heterocycles. The van der Waals surface area contributed by atoms with Gasteiger partial charge in [0.2, 0.25) is 0 Å². The summed E-state index contributed by atoms with van der Waals surface area (Å²) in [5, 5.41) is 2.95. The molecule has 0 fully saturated rings. The van der Waals surface area contributed by atoms with E-state index in [0.717, 1.165) is 35.4 Å². The maximum atomic E-state index is 12.3. The van der Waals surface area contributed by atoms with E-state index in [-0.39, 0.29) is 5.91 Å². The monoisotopic (exact) mass is 375 g/mol. The number of benzene rings is 2. The minimum Gasteiger partial charge on any atom is -0.497 e. The molecule has 0 aliphatic rings. The second kappa shape index (κ2) is 9.67. The van der Waals surface area contributed by atoms with Gasteiger partial charge in [0, 0.05) is 24.8 Å². The van der Waals surface area contributed by atoms with E-state index in [9.17, 15) is 4.79 Å². The number of rotatable bonds is 8. The summed E-state index contributed by atoms with van der Waals surface area (Å²) < 4.78 is 5.15. The predicted octanol–water partition coefficient (Wildman–Crippen LogP) is 3.58. The lowest BCUT2D eigenvalue weighted by Crippen LogP contribution is -2.24. The van der Waals surface area contributed by atoms with E-state index in [4.69, 9.17) is 10.5 Å². The van der Waals surface area contributed by atoms with Crippen molar-refractivity contribution in [3.05, 3.63) is 83.6 Å². The van der Waals surface area contributed by atoms with Crippen LogP contribution in [0.1, 0.15) is 27.9 Å². The van der Waals surface area contributed by atoms with Gasteiger partial charge in [-0.3, -0.25) is 9.78 Å². The number of nitrogens with zero attached hydrogens (tertiary/aromatic N) is 1. The first-order valence-corrected chi connectivity index (χ1v) is 9.36. The Labute approximate surface area is 165 Å². The van der Waals surface area contributed by atoms with Gasteiger partial charge in [0.25, 0.3) is 5.91 Å². The van der Waals surface area contributed by atoms with Crippen molar-refractivity contribution in [2.45, 2.75) is 19.4 Å². The van der Waals surface area contributed by atoms with Gasteiger partial charge in [-0.05, 0) is 54.3 Å². The first kappa shape index (κ1) is 19.6. The minimum absolute atomic E-state index is 0.107. The molecule has 1 amide bonds. The lowest BCUT2D eigenvalue weighted by molar-refractivity contribution is 0.0953. The molecule has 0 saturated heterocycles. The molecule has 5 nitrogen and oxygen atoms in total. The lowest BCUT2D eigenvalue weighted by atomic mass is 10.1. The van der Waals surface area contributed by atoms with Crippen LogP contribution in [-0.2, 0) is 13.0 Å². The van der Waals surface area contributed by atoms with Crippen LogP contribution in [0.4, 0.5) is 0 Å². The summed E-state index contributed by atoms with van der Waals surface area (Å²) in [5.41, 5.74) is 10.3. The highest BCUT2D eigenvalue weighted by atomic mass is 16.5. The van der Waals surface area contributed by atoms with Crippen LogP contribution in [0, 0.1) is 0 Å². The summed E-state index contributed by atoms with van der Waals surface area (Å²) in [6.45, 7) is 1.11. The van der Waals surface area contributed by atoms with Crippen molar-refractivity contribution in [1.82, 2.24) is 10.3 Å². The average molecular weight is 375 g/mol. The maximum absolute atomic E-state index is 12.3. The molecule has 1 aromatic heterocycles. The Morgan fingerprint density at radius 3 is 2.57 bits per heavy atom. The fraction of sp³-hybridized carbons (Fsp3) is 0.217. The van der Waals surface area contributed by atoms with Gasteiger partial charge in [0.15, 0.2) is 0 Å². The molecular formula is C23H25N3O2. The second-order valence-corrected chi connectivity index (χ2v) is 6.54. The van der Waals surface area contributed by atoms with Crippen molar-refractivity contribution >= 4 is 5.91 Å². The van der Waals surface area contributed by atoms with Crippen molar-refractivity contribution in [2.24, 2.45) is 5.73 Å². The number of ether oxygens (including phenoxy) is 1. The second-order valence-electron chi connectivity index (χ2n) is 6.54. The molecule has 5 heteroatoms. The van der Waals surface area contributed by atoms with Crippen molar-refractivity contribution in [3.63, 3.8) is 0 Å². The number of nitrogens with one attached hydrogen (secondary N) is 1. The first-order valence-electron chi connectivity index (χ1n) is 9.36. The van der Waals surface area contributed by atoms with E-state index in [1.165, 1.54) is 5.56 Å². The fourth-order valence-corrected chi connectivity index (χ4v) is 2.95. The minimum atomic E-state index is -0.107. The summed E-state index contributed by atoms with van der Waals surface area (Å²) in [5.74, 6) is 0.743. The number of amides is 1. The molecule has 28 heavy (non-hydrogen) atoms. The zero-order valence-electron chi connectivity index (χ0n) is 16.0. The number of hydrogen-bond acceptors (Lipinski definition) is 4. The van der Waals surface area contributed by atoms with E-state index < -0.39 is 0 Å². The number of pyridine rings is 1. The number of nitrogens with two attached hydrogens (primary N) is 1. The standard InChI is InChI=1S/C23H25N3O2/c1-28-21-10-7-17(8-11-21)5-3-13-25-23(27)20-9-12-22(26-16-20)19-6-2-4-18(14-19)15-24/h2,4,6-12,14,16H,3,5,13,15,24H2,1H3,(H,25,27). The largest absolute Gasteiger partial charge is 0.497 e. The van der Waals surface area contributed by atoms with E-state index >= 15 is 0 Å². The lowest BCUT2D eigenvalue weighted by Gasteiger charge is -2.07. The van der Waals surface area contributed by atoms with Crippen molar-refractivity contribution < 1.29 is 9.53 Å². The van der Waals surface area contributed by atoms with Gasteiger partial charge in [0.05, 0.1) is 18.4 Å². The van der Waals surface area contributed by atoms with Gasteiger partial charge < -0.3 is 15.8 Å². The highest BCUT2D eigenvalue weighted by molar-refractivity contribution is 5.94. The van der Waals surface area contributed by atoms with Crippen molar-refractivity contribution in [1.29, 1.82) is 0 Å². The molecule has 3 N–H and O–H groups in total. The van der Waals surface area contributed by atoms with Crippen LogP contribution in [0.15, 0.2) is 66.9 Å². The number of hydrogen-bond donors (Lipinski definition) is 2. The van der Waals surface area contributed by atoms with E-state index in [0.29, 0.717) is 18.7 Å². The Kier molecular flexibility index (Phi) is 6.76. The van der Waals surface area contributed by atoms with Crippen LogP contribution in [0.25, 0.3) is 11.3 Å². The summed E-state index contributed by atoms with van der Waals surface area (Å²) >= 11 is 0. The Balaban J connectivity index is 1.50. The molecule has 0 spiro atoms. The number of aromatic nitrogens is 1. The SMILES string of the molecule is COc1ccc(CCCNC(=O)c2ccc(-c3cccc(CN)c3)nc2)cc1. The Hall–Kier alpha value is -3.18. The first-order chi connectivity index (χ1) is 13.7. The van der Waals surface area contributed by atoms with E-state index in [2.05, 4.69) is 10.3 Å². The third kappa shape index (κ3) is 5.18. The molecule has 3 aromatic rings. The molecule has 0 saturated carbocycles. The predicted molar refractivity (Wildman–Crippen MR) is 111 cm³/mol. The molecule has 0 atom stereocenters. The third-order valence-corrected chi connectivity index (χ3v) is 4.57. The van der Waals surface area contributed by atoms with Gasteiger partial charge in [-0.1, -0.05) is 30.3 Å². The fourth-order valence-electron chi connectivity index (χ4n) is 2.95. The van der Waals surface area contributed by atoms with Crippen LogP contribution in [-0.4, -0.2) is 24.5 Å². The zero-order chi connectivity index (χ0) is 19.8. The molecule has 0 bridgehead atoms. The van der Waals surface area contributed by atoms with Crippen molar-refractivity contribution in [2.75, 3.05) is 13.7 Å². The quantitative estimate of drug-likeness (QED) is 0.590. The third-order valence-electron chi connectivity index (χ3n) is 4.57. The van der Waals surface area contributed by atoms with Gasteiger partial charge in [-0.2, -0.15) is 0 Å². The summed E-state index contributed by atoms with van der Waals surface area (Å²) in [6, 6.07) is 19.6. The molecule has 1 heterocycles. The summed E-state index contributed by atoms with van der Waals surface area (Å²) in [7, 11) is 1.66. The van der Waals surface area contributed by atoms with Gasteiger partial charge in [-0.25, -0.2) is 0 Å². The number of aryl methyl sites for hydroxylation is 1. The Bertz CT molecular complexity index is 906. The Morgan fingerprint density at radius 1 is 1.07 bits per heavy atom. The molecule has 2 aromatic carbocycles. The normalized spacial score (nSPS) is 10.5. The molecule has 0 aliphatic carbocycles. The van der Waals surface area contributed by atoms with Crippen LogP contribution in [0.3, 0.4) is 0 Å². The molecule has 0 radical (unpaired) electrons. The maximum Gasteiger partial charge on any atom is 0.252 e. The smallest absolute Gasteiger partial charge is 0.252 e. The molecule has 144 valence electrons. The topological polar surface area (TPSA) is 77.2 Å². The summed E-state index contributed by atoms with van der Waals surface area (Å²) in [4.78, 5) is 16.7. The van der Waals surface area contributed by atoms with E-state index in [1.54, 1.807) is 19.4 Å². The van der Waals surface area contributed by atoms with Gasteiger partial charge >= 0.3 is 0 Å². The van der Waals surface area contributed by atoms with Crippen LogP contribution in [0.2, 0.25) is 0 Å². The average Bonchev–Trinajstić information content (AvgIpc) is 2.77. The number of carbonyl (C=O) groups excluding carboxylic acids is 1. The number of methoxy groups -OCH3 is 1. The molecule has 3 rings (SSSR count). The van der Waals surface area contributed by atoms with Gasteiger partial charge in [-0.15, -0.1) is 0 Å². The van der Waals surface area contributed by atoms with Crippen molar-refractivity contribution in [3.8, 4) is 17.0 Å². The highest BCUT2D eigenvalue weighted by Crippen LogP contribution is 2.18. The highest BCUT2D eigenvalue weighted by Gasteiger charge is 2.07.